The summed E-state index contributed by atoms with van der Waals surface area (Å²) in [5.74, 6) is -0.844. The SMILES string of the molecule is CCCCC/C=C\C/C=C\CCCCCCCCCCCC(=O)OC[C@@H](COC(=O)CCCCCCCCCCCCCCCCC)OC(=O)CCCCCCCCCCCCCCCCCCC. The average Bonchev–Trinajstić information content (AvgIpc) is 3.35. The lowest BCUT2D eigenvalue weighted by molar-refractivity contribution is -0.167. The minimum atomic E-state index is -0.768. The summed E-state index contributed by atoms with van der Waals surface area (Å²) < 4.78 is 16.9. The molecule has 0 fully saturated rings. The van der Waals surface area contributed by atoms with Crippen LogP contribution < -0.4 is 0 Å². The smallest absolute Gasteiger partial charge is 0.306 e. The Labute approximate surface area is 430 Å². The fourth-order valence-electron chi connectivity index (χ4n) is 9.30. The summed E-state index contributed by atoms with van der Waals surface area (Å²) in [5, 5.41) is 0. The summed E-state index contributed by atoms with van der Waals surface area (Å²) in [4.78, 5) is 38.2. The molecule has 0 aromatic carbocycles. The topological polar surface area (TPSA) is 78.9 Å². The number of esters is 3. The molecule has 0 rings (SSSR count). The molecule has 0 saturated carbocycles. The Kier molecular flexibility index (Phi) is 56.7. The van der Waals surface area contributed by atoms with Crippen molar-refractivity contribution in [3.63, 3.8) is 0 Å². The molecular formula is C63H118O6. The van der Waals surface area contributed by atoms with Crippen LogP contribution in [0.1, 0.15) is 342 Å². The van der Waals surface area contributed by atoms with Crippen molar-refractivity contribution >= 4 is 17.9 Å². The Morgan fingerprint density at radius 3 is 0.826 bits per heavy atom. The second-order valence-electron chi connectivity index (χ2n) is 21.0. The number of rotatable bonds is 57. The van der Waals surface area contributed by atoms with E-state index in [9.17, 15) is 14.4 Å². The van der Waals surface area contributed by atoms with E-state index in [1.807, 2.05) is 0 Å². The summed E-state index contributed by atoms with van der Waals surface area (Å²) in [7, 11) is 0. The quantitative estimate of drug-likeness (QED) is 0.0261. The van der Waals surface area contributed by atoms with Crippen LogP contribution in [0.4, 0.5) is 0 Å². The Hall–Kier alpha value is -2.11. The summed E-state index contributed by atoms with van der Waals surface area (Å²) in [5.41, 5.74) is 0. The van der Waals surface area contributed by atoms with Crippen molar-refractivity contribution in [2.45, 2.75) is 348 Å². The Morgan fingerprint density at radius 2 is 0.522 bits per heavy atom. The van der Waals surface area contributed by atoms with Crippen molar-refractivity contribution in [2.24, 2.45) is 0 Å². The molecular weight excluding hydrogens is 853 g/mol. The Bertz CT molecular complexity index is 1110. The molecule has 6 heteroatoms. The lowest BCUT2D eigenvalue weighted by Gasteiger charge is -2.18. The van der Waals surface area contributed by atoms with E-state index in [4.69, 9.17) is 14.2 Å². The number of carbonyl (C=O) groups excluding carboxylic acids is 3. The van der Waals surface area contributed by atoms with E-state index in [1.165, 1.54) is 238 Å². The fraction of sp³-hybridized carbons (Fsp3) is 0.889. The van der Waals surface area contributed by atoms with Gasteiger partial charge in [0.1, 0.15) is 13.2 Å². The molecule has 0 aliphatic carbocycles. The van der Waals surface area contributed by atoms with Crippen LogP contribution in [-0.4, -0.2) is 37.2 Å². The number of carbonyl (C=O) groups is 3. The van der Waals surface area contributed by atoms with E-state index in [2.05, 4.69) is 45.1 Å². The van der Waals surface area contributed by atoms with E-state index < -0.39 is 6.10 Å². The molecule has 0 aromatic rings. The van der Waals surface area contributed by atoms with E-state index >= 15 is 0 Å². The van der Waals surface area contributed by atoms with Crippen molar-refractivity contribution in [3.8, 4) is 0 Å². The van der Waals surface area contributed by atoms with Crippen LogP contribution in [0.15, 0.2) is 24.3 Å². The van der Waals surface area contributed by atoms with Crippen LogP contribution >= 0.6 is 0 Å². The molecule has 0 aromatic heterocycles. The molecule has 0 aliphatic rings. The zero-order chi connectivity index (χ0) is 50.0. The van der Waals surface area contributed by atoms with Crippen LogP contribution in [0, 0.1) is 0 Å². The lowest BCUT2D eigenvalue weighted by atomic mass is 10.0. The van der Waals surface area contributed by atoms with Gasteiger partial charge in [0.15, 0.2) is 6.10 Å². The molecule has 0 spiro atoms. The van der Waals surface area contributed by atoms with Gasteiger partial charge in [-0.25, -0.2) is 0 Å². The molecule has 0 radical (unpaired) electrons. The number of hydrogen-bond acceptors (Lipinski definition) is 6. The first-order valence-electron chi connectivity index (χ1n) is 30.8. The average molecular weight is 972 g/mol. The van der Waals surface area contributed by atoms with Gasteiger partial charge in [-0.1, -0.05) is 295 Å². The van der Waals surface area contributed by atoms with E-state index in [1.54, 1.807) is 0 Å². The fourth-order valence-corrected chi connectivity index (χ4v) is 9.30. The van der Waals surface area contributed by atoms with E-state index in [-0.39, 0.29) is 31.1 Å². The maximum absolute atomic E-state index is 12.9. The van der Waals surface area contributed by atoms with Gasteiger partial charge in [-0.15, -0.1) is 0 Å². The van der Waals surface area contributed by atoms with Crippen LogP contribution in [0.2, 0.25) is 0 Å². The summed E-state index contributed by atoms with van der Waals surface area (Å²) >= 11 is 0. The predicted octanol–water partition coefficient (Wildman–Crippen LogP) is 20.7. The summed E-state index contributed by atoms with van der Waals surface area (Å²) in [6.45, 7) is 6.68. The van der Waals surface area contributed by atoms with Gasteiger partial charge in [0, 0.05) is 19.3 Å². The molecule has 0 aliphatic heterocycles. The van der Waals surface area contributed by atoms with Gasteiger partial charge in [-0.2, -0.15) is 0 Å². The van der Waals surface area contributed by atoms with Gasteiger partial charge in [-0.05, 0) is 51.4 Å². The highest BCUT2D eigenvalue weighted by atomic mass is 16.6. The van der Waals surface area contributed by atoms with Crippen molar-refractivity contribution in [2.75, 3.05) is 13.2 Å². The van der Waals surface area contributed by atoms with Gasteiger partial charge in [0.25, 0.3) is 0 Å². The number of allylic oxidation sites excluding steroid dienone is 4. The molecule has 0 N–H and O–H groups in total. The van der Waals surface area contributed by atoms with Crippen LogP contribution in [-0.2, 0) is 28.6 Å². The summed E-state index contributed by atoms with van der Waals surface area (Å²) in [6, 6.07) is 0. The molecule has 0 unspecified atom stereocenters. The van der Waals surface area contributed by atoms with Gasteiger partial charge in [-0.3, -0.25) is 14.4 Å². The highest BCUT2D eigenvalue weighted by Gasteiger charge is 2.19. The van der Waals surface area contributed by atoms with Gasteiger partial charge < -0.3 is 14.2 Å². The van der Waals surface area contributed by atoms with Crippen molar-refractivity contribution in [3.05, 3.63) is 24.3 Å². The third-order valence-electron chi connectivity index (χ3n) is 14.0. The Morgan fingerprint density at radius 1 is 0.290 bits per heavy atom. The van der Waals surface area contributed by atoms with Crippen molar-refractivity contribution in [1.29, 1.82) is 0 Å². The van der Waals surface area contributed by atoms with Gasteiger partial charge >= 0.3 is 17.9 Å². The maximum atomic E-state index is 12.9. The predicted molar refractivity (Wildman–Crippen MR) is 298 cm³/mol. The van der Waals surface area contributed by atoms with Crippen LogP contribution in [0.25, 0.3) is 0 Å². The number of ether oxygens (including phenoxy) is 3. The third kappa shape index (κ3) is 56.7. The molecule has 0 heterocycles. The molecule has 0 bridgehead atoms. The zero-order valence-electron chi connectivity index (χ0n) is 46.6. The zero-order valence-corrected chi connectivity index (χ0v) is 46.6. The van der Waals surface area contributed by atoms with Crippen LogP contribution in [0.5, 0.6) is 0 Å². The molecule has 1 atom stereocenters. The number of unbranched alkanes of at least 4 members (excludes halogenated alkanes) is 42. The molecule has 0 amide bonds. The van der Waals surface area contributed by atoms with Crippen LogP contribution in [0.3, 0.4) is 0 Å². The van der Waals surface area contributed by atoms with E-state index in [0.29, 0.717) is 19.3 Å². The normalized spacial score (nSPS) is 12.1. The second-order valence-corrected chi connectivity index (χ2v) is 21.0. The Balaban J connectivity index is 4.31. The first-order valence-corrected chi connectivity index (χ1v) is 30.8. The molecule has 406 valence electrons. The number of hydrogen-bond donors (Lipinski definition) is 0. The summed E-state index contributed by atoms with van der Waals surface area (Å²) in [6.07, 6.45) is 68.8. The molecule has 6 nitrogen and oxygen atoms in total. The van der Waals surface area contributed by atoms with E-state index in [0.717, 1.165) is 64.2 Å². The highest BCUT2D eigenvalue weighted by Crippen LogP contribution is 2.17. The lowest BCUT2D eigenvalue weighted by Crippen LogP contribution is -2.30. The van der Waals surface area contributed by atoms with Crippen molar-refractivity contribution in [1.82, 2.24) is 0 Å². The van der Waals surface area contributed by atoms with Gasteiger partial charge in [0.2, 0.25) is 0 Å². The highest BCUT2D eigenvalue weighted by molar-refractivity contribution is 5.71. The standard InChI is InChI=1S/C63H118O6/c1-4-7-10-13-16-19-22-25-28-30-31-33-35-38-41-44-47-50-53-56-62(65)68-59-60(58-67-61(64)55-52-49-46-43-40-37-34-27-24-21-18-15-12-9-6-3)69-63(66)57-54-51-48-45-42-39-36-32-29-26-23-20-17-14-11-8-5-2/h16,19,25,28,60H,4-15,17-18,20-24,26-27,29-59H2,1-3H3/b19-16-,28-25-/t60-/m1/s1. The molecule has 69 heavy (non-hydrogen) atoms. The monoisotopic (exact) mass is 971 g/mol. The second kappa shape index (κ2) is 58.5. The molecule has 0 saturated heterocycles. The van der Waals surface area contributed by atoms with Crippen molar-refractivity contribution < 1.29 is 28.6 Å². The minimum Gasteiger partial charge on any atom is -0.462 e. The first-order chi connectivity index (χ1) is 34.0. The minimum absolute atomic E-state index is 0.0663. The van der Waals surface area contributed by atoms with Gasteiger partial charge in [0.05, 0.1) is 0 Å². The third-order valence-corrected chi connectivity index (χ3v) is 14.0. The largest absolute Gasteiger partial charge is 0.462 e. The maximum Gasteiger partial charge on any atom is 0.306 e. The first kappa shape index (κ1) is 66.9.